The van der Waals surface area contributed by atoms with E-state index in [1.165, 1.54) is 17.8 Å². The van der Waals surface area contributed by atoms with E-state index in [0.29, 0.717) is 16.5 Å². The van der Waals surface area contributed by atoms with Crippen molar-refractivity contribution in [2.24, 2.45) is 0 Å². The van der Waals surface area contributed by atoms with Gasteiger partial charge in [0.1, 0.15) is 0 Å². The first-order chi connectivity index (χ1) is 8.54. The number of thioether (sulfide) groups is 1. The first-order valence-electron chi connectivity index (χ1n) is 5.47. The van der Waals surface area contributed by atoms with Crippen molar-refractivity contribution in [3.63, 3.8) is 0 Å². The summed E-state index contributed by atoms with van der Waals surface area (Å²) in [7, 11) is 0. The number of carbonyl (C=O) groups is 2. The van der Waals surface area contributed by atoms with Gasteiger partial charge in [-0.3, -0.25) is 4.79 Å². The average Bonchev–Trinajstić information content (AvgIpc) is 2.34. The third-order valence-electron chi connectivity index (χ3n) is 2.10. The van der Waals surface area contributed by atoms with E-state index in [1.54, 1.807) is 12.1 Å². The zero-order valence-electron chi connectivity index (χ0n) is 9.90. The number of amides is 1. The molecule has 0 aromatic heterocycles. The lowest BCUT2D eigenvalue weighted by Crippen LogP contribution is -2.25. The van der Waals surface area contributed by atoms with Crippen molar-refractivity contribution in [2.45, 2.75) is 18.2 Å². The summed E-state index contributed by atoms with van der Waals surface area (Å²) in [5.41, 5.74) is 0.121. The summed E-state index contributed by atoms with van der Waals surface area (Å²) in [5.74, 6) is -0.954. The molecule has 1 rings (SSSR count). The van der Waals surface area contributed by atoms with E-state index in [9.17, 15) is 9.59 Å². The second kappa shape index (κ2) is 7.28. The Balaban J connectivity index is 2.67. The Morgan fingerprint density at radius 1 is 1.44 bits per heavy atom. The normalized spacial score (nSPS) is 10.1. The van der Waals surface area contributed by atoms with Crippen molar-refractivity contribution in [3.05, 3.63) is 28.8 Å². The summed E-state index contributed by atoms with van der Waals surface area (Å²) in [6.07, 6.45) is 0.873. The minimum Gasteiger partial charge on any atom is -0.478 e. The molecule has 2 N–H and O–H groups in total. The van der Waals surface area contributed by atoms with Crippen LogP contribution in [0.2, 0.25) is 5.02 Å². The molecule has 0 saturated carbocycles. The molecule has 1 aromatic rings. The Morgan fingerprint density at radius 2 is 2.17 bits per heavy atom. The first kappa shape index (κ1) is 14.9. The molecule has 98 valence electrons. The van der Waals surface area contributed by atoms with Crippen LogP contribution in [0.25, 0.3) is 0 Å². The minimum atomic E-state index is -1.05. The van der Waals surface area contributed by atoms with E-state index in [2.05, 4.69) is 5.32 Å². The van der Waals surface area contributed by atoms with E-state index in [4.69, 9.17) is 16.7 Å². The highest BCUT2D eigenvalue weighted by molar-refractivity contribution is 8.00. The van der Waals surface area contributed by atoms with Crippen LogP contribution in [0, 0.1) is 0 Å². The number of rotatable bonds is 6. The van der Waals surface area contributed by atoms with Crippen molar-refractivity contribution in [1.82, 2.24) is 5.32 Å². The monoisotopic (exact) mass is 287 g/mol. The minimum absolute atomic E-state index is 0.104. The topological polar surface area (TPSA) is 66.4 Å². The Hall–Kier alpha value is -1.20. The number of nitrogens with one attached hydrogen (secondary N) is 1. The summed E-state index contributed by atoms with van der Waals surface area (Å²) >= 11 is 6.93. The molecule has 0 spiro atoms. The second-order valence-corrected chi connectivity index (χ2v) is 5.04. The fraction of sp³-hybridized carbons (Fsp3) is 0.333. The molecule has 0 atom stereocenters. The smallest absolute Gasteiger partial charge is 0.336 e. The van der Waals surface area contributed by atoms with E-state index < -0.39 is 5.97 Å². The van der Waals surface area contributed by atoms with Gasteiger partial charge in [0.05, 0.1) is 11.3 Å². The van der Waals surface area contributed by atoms with Crippen LogP contribution in [-0.4, -0.2) is 29.3 Å². The SMILES string of the molecule is CCCNC(=O)CSc1ccc(Cl)cc1C(=O)O. The Morgan fingerprint density at radius 3 is 2.78 bits per heavy atom. The lowest BCUT2D eigenvalue weighted by atomic mass is 10.2. The quantitative estimate of drug-likeness (QED) is 0.790. The second-order valence-electron chi connectivity index (χ2n) is 3.58. The highest BCUT2D eigenvalue weighted by Crippen LogP contribution is 2.25. The summed E-state index contributed by atoms with van der Waals surface area (Å²) < 4.78 is 0. The molecule has 0 aliphatic heterocycles. The summed E-state index contributed by atoms with van der Waals surface area (Å²) in [4.78, 5) is 23.0. The maximum atomic E-state index is 11.4. The highest BCUT2D eigenvalue weighted by atomic mass is 35.5. The van der Waals surface area contributed by atoms with Crippen LogP contribution in [-0.2, 0) is 4.79 Å². The van der Waals surface area contributed by atoms with Crippen LogP contribution in [0.4, 0.5) is 0 Å². The summed E-state index contributed by atoms with van der Waals surface area (Å²) in [5, 5.41) is 12.1. The summed E-state index contributed by atoms with van der Waals surface area (Å²) in [6, 6.07) is 4.61. The zero-order chi connectivity index (χ0) is 13.5. The molecule has 0 aliphatic carbocycles. The van der Waals surface area contributed by atoms with Gasteiger partial charge in [-0.25, -0.2) is 4.79 Å². The molecule has 0 fully saturated rings. The lowest BCUT2D eigenvalue weighted by molar-refractivity contribution is -0.118. The predicted octanol–water partition coefficient (Wildman–Crippen LogP) is 2.66. The Kier molecular flexibility index (Phi) is 6.01. The molecular formula is C12H14ClNO3S. The fourth-order valence-corrected chi connectivity index (χ4v) is 2.28. The number of carboxylic acid groups (broad SMARTS) is 1. The van der Waals surface area contributed by atoms with Crippen LogP contribution in [0.1, 0.15) is 23.7 Å². The third kappa shape index (κ3) is 4.58. The van der Waals surface area contributed by atoms with Crippen molar-refractivity contribution in [1.29, 1.82) is 0 Å². The van der Waals surface area contributed by atoms with Gasteiger partial charge in [-0.05, 0) is 24.6 Å². The molecule has 0 unspecified atom stereocenters. The van der Waals surface area contributed by atoms with E-state index >= 15 is 0 Å². The largest absolute Gasteiger partial charge is 0.478 e. The fourth-order valence-electron chi connectivity index (χ4n) is 1.25. The van der Waals surface area contributed by atoms with Gasteiger partial charge in [0.25, 0.3) is 0 Å². The van der Waals surface area contributed by atoms with Crippen molar-refractivity contribution < 1.29 is 14.7 Å². The Bertz CT molecular complexity index is 451. The first-order valence-corrected chi connectivity index (χ1v) is 6.83. The van der Waals surface area contributed by atoms with Gasteiger partial charge in [-0.1, -0.05) is 18.5 Å². The zero-order valence-corrected chi connectivity index (χ0v) is 11.5. The van der Waals surface area contributed by atoms with Crippen molar-refractivity contribution in [2.75, 3.05) is 12.3 Å². The number of halogens is 1. The van der Waals surface area contributed by atoms with E-state index in [-0.39, 0.29) is 17.2 Å². The van der Waals surface area contributed by atoms with Crippen LogP contribution in [0.15, 0.2) is 23.1 Å². The number of hydrogen-bond acceptors (Lipinski definition) is 3. The summed E-state index contributed by atoms with van der Waals surface area (Å²) in [6.45, 7) is 2.60. The van der Waals surface area contributed by atoms with Crippen molar-refractivity contribution in [3.8, 4) is 0 Å². The van der Waals surface area contributed by atoms with Crippen LogP contribution >= 0.6 is 23.4 Å². The van der Waals surface area contributed by atoms with Crippen molar-refractivity contribution >= 4 is 35.2 Å². The van der Waals surface area contributed by atoms with Gasteiger partial charge in [-0.2, -0.15) is 0 Å². The van der Waals surface area contributed by atoms with Gasteiger partial charge < -0.3 is 10.4 Å². The average molecular weight is 288 g/mol. The highest BCUT2D eigenvalue weighted by Gasteiger charge is 2.12. The van der Waals surface area contributed by atoms with Gasteiger partial charge in [-0.15, -0.1) is 11.8 Å². The molecule has 1 aromatic carbocycles. The number of hydrogen-bond donors (Lipinski definition) is 2. The lowest BCUT2D eigenvalue weighted by Gasteiger charge is -2.06. The van der Waals surface area contributed by atoms with Crippen LogP contribution < -0.4 is 5.32 Å². The molecular weight excluding hydrogens is 274 g/mol. The molecule has 6 heteroatoms. The molecule has 18 heavy (non-hydrogen) atoms. The molecule has 0 saturated heterocycles. The standard InChI is InChI=1S/C12H14ClNO3S/c1-2-5-14-11(15)7-18-10-4-3-8(13)6-9(10)12(16)17/h3-4,6H,2,5,7H2,1H3,(H,14,15)(H,16,17). The number of carbonyl (C=O) groups excluding carboxylic acids is 1. The molecule has 1 amide bonds. The molecule has 0 aliphatic rings. The predicted molar refractivity (Wildman–Crippen MR) is 72.4 cm³/mol. The van der Waals surface area contributed by atoms with Crippen LogP contribution in [0.3, 0.4) is 0 Å². The number of aromatic carboxylic acids is 1. The Labute approximate surface area is 115 Å². The maximum absolute atomic E-state index is 11.4. The molecule has 0 heterocycles. The van der Waals surface area contributed by atoms with Gasteiger partial charge >= 0.3 is 5.97 Å². The van der Waals surface area contributed by atoms with Gasteiger partial charge in [0.2, 0.25) is 5.91 Å². The number of benzene rings is 1. The molecule has 0 radical (unpaired) electrons. The molecule has 0 bridgehead atoms. The number of carboxylic acids is 1. The van der Waals surface area contributed by atoms with E-state index in [1.807, 2.05) is 6.92 Å². The van der Waals surface area contributed by atoms with Gasteiger partial charge in [0.15, 0.2) is 0 Å². The third-order valence-corrected chi connectivity index (χ3v) is 3.41. The molecule has 4 nitrogen and oxygen atoms in total. The van der Waals surface area contributed by atoms with Gasteiger partial charge in [0, 0.05) is 16.5 Å². The maximum Gasteiger partial charge on any atom is 0.336 e. The van der Waals surface area contributed by atoms with Crippen LogP contribution in [0.5, 0.6) is 0 Å². The van der Waals surface area contributed by atoms with E-state index in [0.717, 1.165) is 6.42 Å².